The molecule has 108 valence electrons. The Labute approximate surface area is 115 Å². The number of hydrogen-bond donors (Lipinski definition) is 2. The Bertz CT molecular complexity index is 381. The van der Waals surface area contributed by atoms with E-state index in [9.17, 15) is 4.79 Å². The van der Waals surface area contributed by atoms with Gasteiger partial charge in [-0.3, -0.25) is 9.69 Å². The van der Waals surface area contributed by atoms with Crippen LogP contribution in [0.4, 0.5) is 0 Å². The molecule has 2 N–H and O–H groups in total. The molecule has 1 aliphatic heterocycles. The Morgan fingerprint density at radius 1 is 1.47 bits per heavy atom. The molecular weight excluding hydrogens is 242 g/mol. The lowest BCUT2D eigenvalue weighted by Crippen LogP contribution is -2.39. The van der Waals surface area contributed by atoms with Gasteiger partial charge in [0.15, 0.2) is 0 Å². The minimum Gasteiger partial charge on any atom is -0.411 e. The van der Waals surface area contributed by atoms with E-state index in [1.807, 2.05) is 0 Å². The molecule has 0 aromatic rings. The van der Waals surface area contributed by atoms with Crippen molar-refractivity contribution in [2.75, 3.05) is 19.6 Å². The third kappa shape index (κ3) is 3.47. The van der Waals surface area contributed by atoms with Crippen molar-refractivity contribution in [3.05, 3.63) is 0 Å². The highest BCUT2D eigenvalue weighted by Crippen LogP contribution is 2.52. The summed E-state index contributed by atoms with van der Waals surface area (Å²) in [5.41, 5.74) is 0.863. The van der Waals surface area contributed by atoms with E-state index in [0.717, 1.165) is 19.3 Å². The molecular formula is C14H25N3O2. The maximum absolute atomic E-state index is 11.2. The van der Waals surface area contributed by atoms with E-state index >= 15 is 0 Å². The fourth-order valence-corrected chi connectivity index (χ4v) is 4.26. The SMILES string of the molecule is CC1(C)CC2CC(C)(CN2CCNC(=O)C=NO)C1. The largest absolute Gasteiger partial charge is 0.411 e. The number of nitrogens with zero attached hydrogens (tertiary/aromatic N) is 2. The molecule has 2 unspecified atom stereocenters. The van der Waals surface area contributed by atoms with Crippen LogP contribution < -0.4 is 5.32 Å². The molecule has 2 fully saturated rings. The summed E-state index contributed by atoms with van der Waals surface area (Å²) in [7, 11) is 0. The molecule has 1 saturated heterocycles. The zero-order chi connectivity index (χ0) is 14.1. The molecule has 1 heterocycles. The van der Waals surface area contributed by atoms with Crippen molar-refractivity contribution in [1.29, 1.82) is 0 Å². The molecule has 5 heteroatoms. The molecule has 1 saturated carbocycles. The van der Waals surface area contributed by atoms with Gasteiger partial charge in [0, 0.05) is 25.7 Å². The molecule has 0 spiro atoms. The lowest BCUT2D eigenvalue weighted by atomic mass is 9.65. The highest BCUT2D eigenvalue weighted by molar-refractivity contribution is 6.25. The van der Waals surface area contributed by atoms with Crippen LogP contribution in [-0.4, -0.2) is 47.9 Å². The number of rotatable bonds is 4. The van der Waals surface area contributed by atoms with Gasteiger partial charge in [-0.05, 0) is 30.1 Å². The second-order valence-electron chi connectivity index (χ2n) is 7.22. The highest BCUT2D eigenvalue weighted by Gasteiger charge is 2.49. The summed E-state index contributed by atoms with van der Waals surface area (Å²) in [6, 6.07) is 0.650. The van der Waals surface area contributed by atoms with Gasteiger partial charge in [-0.25, -0.2) is 0 Å². The molecule has 0 aromatic heterocycles. The van der Waals surface area contributed by atoms with E-state index in [4.69, 9.17) is 5.21 Å². The van der Waals surface area contributed by atoms with Crippen molar-refractivity contribution in [2.45, 2.75) is 46.1 Å². The molecule has 2 rings (SSSR count). The van der Waals surface area contributed by atoms with Gasteiger partial charge in [0.2, 0.25) is 0 Å². The van der Waals surface area contributed by atoms with Crippen LogP contribution in [0, 0.1) is 10.8 Å². The van der Waals surface area contributed by atoms with E-state index in [0.29, 0.717) is 23.4 Å². The summed E-state index contributed by atoms with van der Waals surface area (Å²) in [5, 5.41) is 13.7. The van der Waals surface area contributed by atoms with Gasteiger partial charge in [0.05, 0.1) is 0 Å². The van der Waals surface area contributed by atoms with E-state index in [2.05, 4.69) is 36.1 Å². The Balaban J connectivity index is 1.85. The quantitative estimate of drug-likeness (QED) is 0.460. The van der Waals surface area contributed by atoms with Crippen LogP contribution in [0.3, 0.4) is 0 Å². The van der Waals surface area contributed by atoms with Crippen LogP contribution in [0.5, 0.6) is 0 Å². The average molecular weight is 267 g/mol. The normalized spacial score (nSPS) is 33.7. The first-order valence-electron chi connectivity index (χ1n) is 7.03. The van der Waals surface area contributed by atoms with E-state index < -0.39 is 0 Å². The summed E-state index contributed by atoms with van der Waals surface area (Å²) in [6.07, 6.45) is 4.71. The van der Waals surface area contributed by atoms with Gasteiger partial charge in [-0.2, -0.15) is 0 Å². The summed E-state index contributed by atoms with van der Waals surface area (Å²) in [4.78, 5) is 13.7. The summed E-state index contributed by atoms with van der Waals surface area (Å²) < 4.78 is 0. The molecule has 0 aromatic carbocycles. The number of hydrogen-bond acceptors (Lipinski definition) is 4. The number of likely N-dealkylation sites (tertiary alicyclic amines) is 1. The number of fused-ring (bicyclic) bond motifs is 2. The smallest absolute Gasteiger partial charge is 0.265 e. The average Bonchev–Trinajstić information content (AvgIpc) is 2.48. The van der Waals surface area contributed by atoms with Crippen molar-refractivity contribution >= 4 is 12.1 Å². The standard InChI is InChI=1S/C14H25N3O2/c1-13(2)6-11-7-14(3,9-13)10-17(11)5-4-15-12(18)8-16-19/h8,11,19H,4-7,9-10H2,1-3H3,(H,15,18). The van der Waals surface area contributed by atoms with Gasteiger partial charge in [0.25, 0.3) is 5.91 Å². The van der Waals surface area contributed by atoms with Crippen molar-refractivity contribution in [3.8, 4) is 0 Å². The molecule has 2 atom stereocenters. The number of carbonyl (C=O) groups excluding carboxylic acids is 1. The summed E-state index contributed by atoms with van der Waals surface area (Å²) in [6.45, 7) is 9.73. The fourth-order valence-electron chi connectivity index (χ4n) is 4.26. The van der Waals surface area contributed by atoms with E-state index in [1.165, 1.54) is 19.3 Å². The fraction of sp³-hybridized carbons (Fsp3) is 0.857. The molecule has 5 nitrogen and oxygen atoms in total. The van der Waals surface area contributed by atoms with Crippen LogP contribution in [-0.2, 0) is 4.79 Å². The van der Waals surface area contributed by atoms with Crippen molar-refractivity contribution in [2.24, 2.45) is 16.0 Å². The van der Waals surface area contributed by atoms with Crippen molar-refractivity contribution in [1.82, 2.24) is 10.2 Å². The first-order chi connectivity index (χ1) is 8.84. The second kappa shape index (κ2) is 5.12. The molecule has 1 amide bonds. The van der Waals surface area contributed by atoms with Crippen LogP contribution in [0.15, 0.2) is 5.16 Å². The van der Waals surface area contributed by atoms with Crippen molar-refractivity contribution < 1.29 is 10.0 Å². The van der Waals surface area contributed by atoms with Crippen LogP contribution >= 0.6 is 0 Å². The predicted molar refractivity (Wildman–Crippen MR) is 74.4 cm³/mol. The Hall–Kier alpha value is -1.10. The van der Waals surface area contributed by atoms with Crippen LogP contribution in [0.2, 0.25) is 0 Å². The second-order valence-corrected chi connectivity index (χ2v) is 7.22. The monoisotopic (exact) mass is 267 g/mol. The Morgan fingerprint density at radius 2 is 2.21 bits per heavy atom. The zero-order valence-corrected chi connectivity index (χ0v) is 12.1. The van der Waals surface area contributed by atoms with Gasteiger partial charge >= 0.3 is 0 Å². The molecule has 19 heavy (non-hydrogen) atoms. The maximum atomic E-state index is 11.2. The zero-order valence-electron chi connectivity index (χ0n) is 12.1. The minimum absolute atomic E-state index is 0.337. The first-order valence-corrected chi connectivity index (χ1v) is 7.03. The van der Waals surface area contributed by atoms with Gasteiger partial charge in [-0.1, -0.05) is 25.9 Å². The lowest BCUT2D eigenvalue weighted by Gasteiger charge is -2.39. The van der Waals surface area contributed by atoms with E-state index in [1.54, 1.807) is 0 Å². The predicted octanol–water partition coefficient (Wildman–Crippen LogP) is 1.46. The van der Waals surface area contributed by atoms with Gasteiger partial charge in [-0.15, -0.1) is 0 Å². The van der Waals surface area contributed by atoms with Gasteiger partial charge in [0.1, 0.15) is 6.21 Å². The number of amides is 1. The van der Waals surface area contributed by atoms with Gasteiger partial charge < -0.3 is 10.5 Å². The number of oxime groups is 1. The molecule has 2 bridgehead atoms. The first kappa shape index (κ1) is 14.3. The van der Waals surface area contributed by atoms with E-state index in [-0.39, 0.29) is 5.91 Å². The summed E-state index contributed by atoms with van der Waals surface area (Å²) >= 11 is 0. The third-order valence-corrected chi connectivity index (χ3v) is 4.40. The highest BCUT2D eigenvalue weighted by atomic mass is 16.4. The topological polar surface area (TPSA) is 64.9 Å². The number of nitrogens with one attached hydrogen (secondary N) is 1. The molecule has 0 radical (unpaired) electrons. The van der Waals surface area contributed by atoms with Crippen LogP contribution in [0.1, 0.15) is 40.0 Å². The molecule has 2 aliphatic rings. The molecule has 1 aliphatic carbocycles. The Kier molecular flexibility index (Phi) is 3.85. The third-order valence-electron chi connectivity index (χ3n) is 4.40. The summed E-state index contributed by atoms with van der Waals surface area (Å²) in [5.74, 6) is -0.337. The van der Waals surface area contributed by atoms with Crippen molar-refractivity contribution in [3.63, 3.8) is 0 Å². The lowest BCUT2D eigenvalue weighted by molar-refractivity contribution is -0.114. The Morgan fingerprint density at radius 3 is 2.89 bits per heavy atom. The van der Waals surface area contributed by atoms with Crippen LogP contribution in [0.25, 0.3) is 0 Å². The maximum Gasteiger partial charge on any atom is 0.265 e. The number of carbonyl (C=O) groups is 1. The minimum atomic E-state index is -0.337.